The van der Waals surface area contributed by atoms with Crippen LogP contribution in [0.2, 0.25) is 0 Å². The topological polar surface area (TPSA) is 45.2 Å². The summed E-state index contributed by atoms with van der Waals surface area (Å²) in [6.45, 7) is 4.71. The van der Waals surface area contributed by atoms with Crippen LogP contribution in [0.1, 0.15) is 30.9 Å². The van der Waals surface area contributed by atoms with Gasteiger partial charge in [0.25, 0.3) is 0 Å². The number of hydrogen-bond donors (Lipinski definition) is 1. The van der Waals surface area contributed by atoms with Gasteiger partial charge in [-0.15, -0.1) is 18.5 Å². The number of hydrogen-bond acceptors (Lipinski definition) is 6. The zero-order valence-electron chi connectivity index (χ0n) is 16.6. The van der Waals surface area contributed by atoms with Crippen LogP contribution in [0.25, 0.3) is 11.0 Å². The molecule has 0 amide bonds. The molecule has 0 radical (unpaired) electrons. The SMILES string of the molecule is CCc1ccccc1CN(S)c1nc(N2CCC(P)(P)CC2)nc2ncccc12. The minimum atomic E-state index is 0.216. The summed E-state index contributed by atoms with van der Waals surface area (Å²) >= 11 is 4.82. The molecule has 0 N–H and O–H groups in total. The normalized spacial score (nSPS) is 16.2. The summed E-state index contributed by atoms with van der Waals surface area (Å²) in [5.74, 6) is 1.54. The van der Waals surface area contributed by atoms with E-state index < -0.39 is 0 Å². The zero-order valence-corrected chi connectivity index (χ0v) is 19.8. The first-order chi connectivity index (χ1) is 14.0. The van der Waals surface area contributed by atoms with Crippen molar-refractivity contribution in [3.63, 3.8) is 0 Å². The first kappa shape index (κ1) is 20.8. The average Bonchev–Trinajstić information content (AvgIpc) is 2.73. The Morgan fingerprint density at radius 3 is 2.52 bits per heavy atom. The summed E-state index contributed by atoms with van der Waals surface area (Å²) < 4.78 is 1.92. The Morgan fingerprint density at radius 1 is 1.07 bits per heavy atom. The van der Waals surface area contributed by atoms with Crippen LogP contribution in [0, 0.1) is 0 Å². The molecule has 0 aliphatic carbocycles. The molecule has 29 heavy (non-hydrogen) atoms. The van der Waals surface area contributed by atoms with Crippen molar-refractivity contribution in [1.82, 2.24) is 15.0 Å². The number of piperidine rings is 1. The maximum atomic E-state index is 4.93. The van der Waals surface area contributed by atoms with Gasteiger partial charge in [-0.1, -0.05) is 44.0 Å². The molecule has 2 atom stereocenters. The molecule has 2 aromatic heterocycles. The lowest BCUT2D eigenvalue weighted by Crippen LogP contribution is -2.38. The summed E-state index contributed by atoms with van der Waals surface area (Å²) in [6, 6.07) is 12.4. The number of nitrogens with zero attached hydrogens (tertiary/aromatic N) is 5. The predicted molar refractivity (Wildman–Crippen MR) is 132 cm³/mol. The number of aromatic nitrogens is 3. The van der Waals surface area contributed by atoms with E-state index in [1.54, 1.807) is 6.20 Å². The Labute approximate surface area is 182 Å². The third kappa shape index (κ3) is 4.66. The molecular formula is C21H27N5P2S. The van der Waals surface area contributed by atoms with Crippen LogP contribution in [0.4, 0.5) is 11.8 Å². The second-order valence-electron chi connectivity index (χ2n) is 7.62. The molecule has 0 spiro atoms. The van der Waals surface area contributed by atoms with Crippen molar-refractivity contribution in [3.05, 3.63) is 53.7 Å². The van der Waals surface area contributed by atoms with E-state index in [-0.39, 0.29) is 4.90 Å². The number of anilines is 2. The van der Waals surface area contributed by atoms with E-state index in [2.05, 4.69) is 59.6 Å². The summed E-state index contributed by atoms with van der Waals surface area (Å²) in [7, 11) is 5.91. The smallest absolute Gasteiger partial charge is 0.229 e. The van der Waals surface area contributed by atoms with Gasteiger partial charge in [0.1, 0.15) is 0 Å². The molecule has 5 nitrogen and oxygen atoms in total. The number of thiol groups is 1. The van der Waals surface area contributed by atoms with Crippen molar-refractivity contribution in [2.45, 2.75) is 37.6 Å². The van der Waals surface area contributed by atoms with E-state index in [1.807, 2.05) is 16.4 Å². The van der Waals surface area contributed by atoms with Crippen molar-refractivity contribution in [2.75, 3.05) is 22.3 Å². The highest BCUT2D eigenvalue weighted by Gasteiger charge is 2.28. The van der Waals surface area contributed by atoms with E-state index in [0.29, 0.717) is 12.2 Å². The Hall–Kier alpha value is -1.48. The van der Waals surface area contributed by atoms with Crippen LogP contribution in [0.3, 0.4) is 0 Å². The number of benzene rings is 1. The maximum absolute atomic E-state index is 4.93. The highest BCUT2D eigenvalue weighted by atomic mass is 32.1. The molecule has 1 saturated heterocycles. The van der Waals surface area contributed by atoms with Gasteiger partial charge >= 0.3 is 0 Å². The molecule has 1 fully saturated rings. The Balaban J connectivity index is 1.69. The fraction of sp³-hybridized carbons (Fsp3) is 0.381. The van der Waals surface area contributed by atoms with Gasteiger partial charge in [-0.3, -0.25) is 4.31 Å². The van der Waals surface area contributed by atoms with Gasteiger partial charge in [0.05, 0.1) is 11.9 Å². The van der Waals surface area contributed by atoms with Gasteiger partial charge in [0, 0.05) is 24.2 Å². The third-order valence-electron chi connectivity index (χ3n) is 5.48. The molecular weight excluding hydrogens is 416 g/mol. The lowest BCUT2D eigenvalue weighted by molar-refractivity contribution is 0.552. The van der Waals surface area contributed by atoms with Crippen molar-refractivity contribution in [1.29, 1.82) is 0 Å². The predicted octanol–water partition coefficient (Wildman–Crippen LogP) is 4.49. The maximum Gasteiger partial charge on any atom is 0.229 e. The fourth-order valence-corrected chi connectivity index (χ4v) is 4.51. The fourth-order valence-electron chi connectivity index (χ4n) is 3.69. The first-order valence-corrected chi connectivity index (χ1v) is 11.5. The van der Waals surface area contributed by atoms with E-state index in [1.165, 1.54) is 11.1 Å². The van der Waals surface area contributed by atoms with E-state index in [9.17, 15) is 0 Å². The van der Waals surface area contributed by atoms with Crippen molar-refractivity contribution in [3.8, 4) is 0 Å². The molecule has 152 valence electrons. The summed E-state index contributed by atoms with van der Waals surface area (Å²) in [5, 5.41) is 0.920. The standard InChI is InChI=1S/C21H27N5P2S/c1-2-15-6-3-4-7-16(15)14-26(29)19-17-8-5-11-22-18(17)23-20(24-19)25-12-9-21(27,28)10-13-25/h3-8,11,29H,2,9-10,12-14,27-28H2,1H3. The molecule has 1 aromatic carbocycles. The number of pyridine rings is 1. The Morgan fingerprint density at radius 2 is 1.79 bits per heavy atom. The molecule has 3 heterocycles. The largest absolute Gasteiger partial charge is 0.341 e. The highest BCUT2D eigenvalue weighted by Crippen LogP contribution is 2.39. The van der Waals surface area contributed by atoms with Crippen LogP contribution < -0.4 is 9.21 Å². The van der Waals surface area contributed by atoms with Gasteiger partial charge < -0.3 is 4.90 Å². The van der Waals surface area contributed by atoms with Crippen LogP contribution in [-0.4, -0.2) is 32.9 Å². The van der Waals surface area contributed by atoms with Gasteiger partial charge in [-0.25, -0.2) is 4.98 Å². The van der Waals surface area contributed by atoms with Crippen molar-refractivity contribution in [2.24, 2.45) is 0 Å². The average molecular weight is 443 g/mol. The minimum Gasteiger partial charge on any atom is -0.341 e. The van der Waals surface area contributed by atoms with Crippen LogP contribution in [-0.2, 0) is 13.0 Å². The lowest BCUT2D eigenvalue weighted by atomic mass is 10.1. The minimum absolute atomic E-state index is 0.216. The first-order valence-electron chi connectivity index (χ1n) is 9.95. The number of fused-ring (bicyclic) bond motifs is 1. The van der Waals surface area contributed by atoms with Gasteiger partial charge in [-0.2, -0.15) is 9.97 Å². The Kier molecular flexibility index (Phi) is 6.24. The monoisotopic (exact) mass is 443 g/mol. The molecule has 1 aliphatic heterocycles. The second-order valence-corrected chi connectivity index (χ2v) is 11.1. The number of rotatable bonds is 5. The molecule has 1 aliphatic rings. The van der Waals surface area contributed by atoms with Gasteiger partial charge in [-0.05, 0) is 42.5 Å². The van der Waals surface area contributed by atoms with Gasteiger partial charge in [0.15, 0.2) is 11.5 Å². The van der Waals surface area contributed by atoms with E-state index >= 15 is 0 Å². The van der Waals surface area contributed by atoms with Crippen molar-refractivity contribution < 1.29 is 0 Å². The van der Waals surface area contributed by atoms with Crippen LogP contribution in [0.5, 0.6) is 0 Å². The van der Waals surface area contributed by atoms with E-state index in [4.69, 9.17) is 22.8 Å². The third-order valence-corrected chi connectivity index (χ3v) is 6.97. The lowest BCUT2D eigenvalue weighted by Gasteiger charge is -2.36. The molecule has 8 heteroatoms. The van der Waals surface area contributed by atoms with E-state index in [0.717, 1.165) is 49.5 Å². The zero-order chi connectivity index (χ0) is 20.4. The summed E-state index contributed by atoms with van der Waals surface area (Å²) in [6.07, 6.45) is 4.91. The molecule has 3 aromatic rings. The molecule has 0 saturated carbocycles. The Bertz CT molecular complexity index is 1000. The molecule has 0 bridgehead atoms. The summed E-state index contributed by atoms with van der Waals surface area (Å²) in [5.41, 5.74) is 3.30. The summed E-state index contributed by atoms with van der Waals surface area (Å²) in [4.78, 5) is 16.7. The van der Waals surface area contributed by atoms with Gasteiger partial charge in [0.2, 0.25) is 5.95 Å². The quantitative estimate of drug-likeness (QED) is 0.465. The number of aryl methyl sites for hydroxylation is 1. The second kappa shape index (κ2) is 8.71. The highest BCUT2D eigenvalue weighted by molar-refractivity contribution is 7.81. The van der Waals surface area contributed by atoms with Crippen LogP contribution in [0.15, 0.2) is 42.6 Å². The molecule has 2 unspecified atom stereocenters. The van der Waals surface area contributed by atoms with Crippen LogP contribution >= 0.6 is 31.3 Å². The van der Waals surface area contributed by atoms with Crippen molar-refractivity contribution >= 4 is 54.1 Å². The molecule has 4 rings (SSSR count).